The molecule has 0 spiro atoms. The van der Waals surface area contributed by atoms with Crippen LogP contribution >= 0.6 is 0 Å². The number of ketones is 1. The van der Waals surface area contributed by atoms with Crippen LogP contribution in [0, 0.1) is 0 Å². The Labute approximate surface area is 105 Å². The van der Waals surface area contributed by atoms with E-state index in [1.165, 1.54) is 13.8 Å². The SMILES string of the molecule is CC(=O)O[C@@]1(C)COC(C(=O)OC(C)C)=CC1=O. The minimum absolute atomic E-state index is 0.168. The van der Waals surface area contributed by atoms with Gasteiger partial charge in [0, 0.05) is 13.0 Å². The number of esters is 2. The summed E-state index contributed by atoms with van der Waals surface area (Å²) in [7, 11) is 0. The lowest BCUT2D eigenvalue weighted by Gasteiger charge is -2.30. The van der Waals surface area contributed by atoms with Gasteiger partial charge in [-0.1, -0.05) is 0 Å². The van der Waals surface area contributed by atoms with E-state index >= 15 is 0 Å². The van der Waals surface area contributed by atoms with E-state index in [9.17, 15) is 14.4 Å². The van der Waals surface area contributed by atoms with Crippen LogP contribution in [0.15, 0.2) is 11.8 Å². The summed E-state index contributed by atoms with van der Waals surface area (Å²) in [6.07, 6.45) is 0.691. The Morgan fingerprint density at radius 1 is 1.44 bits per heavy atom. The van der Waals surface area contributed by atoms with Crippen molar-refractivity contribution < 1.29 is 28.6 Å². The van der Waals surface area contributed by atoms with Crippen LogP contribution in [0.25, 0.3) is 0 Å². The summed E-state index contributed by atoms with van der Waals surface area (Å²) in [4.78, 5) is 34.2. The highest BCUT2D eigenvalue weighted by Crippen LogP contribution is 2.22. The third-order valence-corrected chi connectivity index (χ3v) is 2.20. The van der Waals surface area contributed by atoms with Crippen molar-refractivity contribution in [3.8, 4) is 0 Å². The maximum Gasteiger partial charge on any atom is 0.373 e. The van der Waals surface area contributed by atoms with E-state index < -0.39 is 23.3 Å². The van der Waals surface area contributed by atoms with Crippen molar-refractivity contribution in [2.75, 3.05) is 6.61 Å². The Bertz CT molecular complexity index is 409. The molecule has 18 heavy (non-hydrogen) atoms. The summed E-state index contributed by atoms with van der Waals surface area (Å²) in [5, 5.41) is 0. The summed E-state index contributed by atoms with van der Waals surface area (Å²) in [6, 6.07) is 0. The van der Waals surface area contributed by atoms with Gasteiger partial charge in [-0.3, -0.25) is 9.59 Å². The molecule has 0 radical (unpaired) electrons. The van der Waals surface area contributed by atoms with Crippen LogP contribution in [-0.2, 0) is 28.6 Å². The Morgan fingerprint density at radius 3 is 2.50 bits per heavy atom. The second-order valence-corrected chi connectivity index (χ2v) is 4.44. The van der Waals surface area contributed by atoms with Gasteiger partial charge in [-0.25, -0.2) is 4.79 Å². The highest BCUT2D eigenvalue weighted by molar-refractivity contribution is 6.04. The normalized spacial score (nSPS) is 23.2. The van der Waals surface area contributed by atoms with Crippen LogP contribution in [0.1, 0.15) is 27.7 Å². The smallest absolute Gasteiger partial charge is 0.373 e. The van der Waals surface area contributed by atoms with Crippen LogP contribution in [0.2, 0.25) is 0 Å². The number of hydrogen-bond acceptors (Lipinski definition) is 6. The fourth-order valence-electron chi connectivity index (χ4n) is 1.39. The number of ether oxygens (including phenoxy) is 3. The first-order valence-corrected chi connectivity index (χ1v) is 5.54. The van der Waals surface area contributed by atoms with Crippen LogP contribution in [0.3, 0.4) is 0 Å². The first-order valence-electron chi connectivity index (χ1n) is 5.54. The summed E-state index contributed by atoms with van der Waals surface area (Å²) in [5.74, 6) is -1.96. The summed E-state index contributed by atoms with van der Waals surface area (Å²) in [6.45, 7) is 5.80. The molecule has 6 heteroatoms. The lowest BCUT2D eigenvalue weighted by Crippen LogP contribution is -2.46. The molecule has 1 rings (SSSR count). The zero-order valence-corrected chi connectivity index (χ0v) is 10.8. The minimum atomic E-state index is -1.38. The van der Waals surface area contributed by atoms with E-state index in [1.807, 2.05) is 0 Å². The largest absolute Gasteiger partial charge is 0.482 e. The van der Waals surface area contributed by atoms with Gasteiger partial charge in [-0.05, 0) is 20.8 Å². The maximum atomic E-state index is 11.8. The topological polar surface area (TPSA) is 78.9 Å². The van der Waals surface area contributed by atoms with Crippen molar-refractivity contribution in [1.29, 1.82) is 0 Å². The molecule has 0 saturated carbocycles. The average molecular weight is 256 g/mol. The first-order chi connectivity index (χ1) is 8.24. The quantitative estimate of drug-likeness (QED) is 0.693. The fraction of sp³-hybridized carbons (Fsp3) is 0.583. The van der Waals surface area contributed by atoms with E-state index in [0.29, 0.717) is 0 Å². The Kier molecular flexibility index (Phi) is 4.11. The van der Waals surface area contributed by atoms with E-state index in [-0.39, 0.29) is 18.5 Å². The van der Waals surface area contributed by atoms with Crippen molar-refractivity contribution in [2.45, 2.75) is 39.4 Å². The van der Waals surface area contributed by atoms with Gasteiger partial charge in [0.25, 0.3) is 0 Å². The van der Waals surface area contributed by atoms with Gasteiger partial charge in [0.2, 0.25) is 17.1 Å². The summed E-state index contributed by atoms with van der Waals surface area (Å²) >= 11 is 0. The fourth-order valence-corrected chi connectivity index (χ4v) is 1.39. The van der Waals surface area contributed by atoms with Gasteiger partial charge < -0.3 is 14.2 Å². The van der Waals surface area contributed by atoms with Gasteiger partial charge in [-0.15, -0.1) is 0 Å². The first kappa shape index (κ1) is 14.2. The minimum Gasteiger partial charge on any atom is -0.482 e. The van der Waals surface area contributed by atoms with Crippen LogP contribution < -0.4 is 0 Å². The van der Waals surface area contributed by atoms with Crippen LogP contribution in [-0.4, -0.2) is 36.0 Å². The highest BCUT2D eigenvalue weighted by atomic mass is 16.6. The average Bonchev–Trinajstić information content (AvgIpc) is 2.20. The molecule has 1 atom stereocenters. The van der Waals surface area contributed by atoms with Gasteiger partial charge >= 0.3 is 11.9 Å². The molecule has 1 aliphatic rings. The third-order valence-electron chi connectivity index (χ3n) is 2.20. The molecule has 0 saturated heterocycles. The van der Waals surface area contributed by atoms with Gasteiger partial charge in [0.1, 0.15) is 6.61 Å². The van der Waals surface area contributed by atoms with Crippen LogP contribution in [0.4, 0.5) is 0 Å². The van der Waals surface area contributed by atoms with Crippen molar-refractivity contribution >= 4 is 17.7 Å². The molecule has 1 aliphatic heterocycles. The molecule has 100 valence electrons. The molecule has 0 N–H and O–H groups in total. The Hall–Kier alpha value is -1.85. The number of carbonyl (C=O) groups excluding carboxylic acids is 3. The van der Waals surface area contributed by atoms with E-state index in [0.717, 1.165) is 6.08 Å². The van der Waals surface area contributed by atoms with Crippen molar-refractivity contribution in [1.82, 2.24) is 0 Å². The molecular formula is C12H16O6. The molecule has 0 aliphatic carbocycles. The van der Waals surface area contributed by atoms with E-state index in [4.69, 9.17) is 14.2 Å². The second-order valence-electron chi connectivity index (χ2n) is 4.44. The molecule has 0 amide bonds. The Morgan fingerprint density at radius 2 is 2.06 bits per heavy atom. The van der Waals surface area contributed by atoms with Gasteiger partial charge in [-0.2, -0.15) is 0 Å². The Balaban J connectivity index is 2.80. The molecule has 6 nitrogen and oxygen atoms in total. The molecule has 0 fully saturated rings. The highest BCUT2D eigenvalue weighted by Gasteiger charge is 2.41. The lowest BCUT2D eigenvalue weighted by molar-refractivity contribution is -0.170. The molecule has 0 bridgehead atoms. The monoisotopic (exact) mass is 256 g/mol. The lowest BCUT2D eigenvalue weighted by atomic mass is 9.99. The number of carbonyl (C=O) groups is 3. The van der Waals surface area contributed by atoms with E-state index in [1.54, 1.807) is 13.8 Å². The molecule has 0 aromatic rings. The molecular weight excluding hydrogens is 240 g/mol. The van der Waals surface area contributed by atoms with E-state index in [2.05, 4.69) is 0 Å². The standard InChI is InChI=1S/C12H16O6/c1-7(2)17-11(15)9-5-10(14)12(4,6-16-9)18-8(3)13/h5,7H,6H2,1-4H3/t12-/m0/s1. The third kappa shape index (κ3) is 3.32. The van der Waals surface area contributed by atoms with Crippen molar-refractivity contribution in [3.63, 3.8) is 0 Å². The molecule has 0 aromatic heterocycles. The second kappa shape index (κ2) is 5.20. The predicted molar refractivity (Wildman–Crippen MR) is 60.4 cm³/mol. The molecule has 0 aromatic carbocycles. The zero-order chi connectivity index (χ0) is 13.9. The predicted octanol–water partition coefficient (Wildman–Crippen LogP) is 0.743. The molecule has 0 unspecified atom stereocenters. The van der Waals surface area contributed by atoms with Crippen LogP contribution in [0.5, 0.6) is 0 Å². The molecule has 1 heterocycles. The van der Waals surface area contributed by atoms with Crippen molar-refractivity contribution in [3.05, 3.63) is 11.8 Å². The number of hydrogen-bond donors (Lipinski definition) is 0. The summed E-state index contributed by atoms with van der Waals surface area (Å²) < 4.78 is 14.9. The maximum absolute atomic E-state index is 11.8. The van der Waals surface area contributed by atoms with Gasteiger partial charge in [0.05, 0.1) is 6.10 Å². The summed E-state index contributed by atoms with van der Waals surface area (Å²) in [5.41, 5.74) is -1.38. The van der Waals surface area contributed by atoms with Crippen molar-refractivity contribution in [2.24, 2.45) is 0 Å². The number of rotatable bonds is 3. The van der Waals surface area contributed by atoms with Gasteiger partial charge in [0.15, 0.2) is 0 Å². The zero-order valence-electron chi connectivity index (χ0n) is 10.8.